The van der Waals surface area contributed by atoms with Crippen LogP contribution in [0.15, 0.2) is 24.3 Å². The molecule has 0 heterocycles. The van der Waals surface area contributed by atoms with Crippen LogP contribution in [0.5, 0.6) is 0 Å². The van der Waals surface area contributed by atoms with Crippen LogP contribution in [-0.2, 0) is 4.74 Å². The second kappa shape index (κ2) is 6.30. The number of ether oxygens (including phenoxy) is 1. The Hall–Kier alpha value is -0.930. The topological polar surface area (TPSA) is 35.2 Å². The van der Waals surface area contributed by atoms with Gasteiger partial charge >= 0.3 is 0 Å². The molecule has 1 aromatic carbocycles. The van der Waals surface area contributed by atoms with Gasteiger partial charge in [-0.3, -0.25) is 0 Å². The zero-order valence-corrected chi connectivity index (χ0v) is 10.9. The Morgan fingerprint density at radius 1 is 1.28 bits per heavy atom. The summed E-state index contributed by atoms with van der Waals surface area (Å²) in [6.07, 6.45) is 6.14. The minimum atomic E-state index is -0.242. The van der Waals surface area contributed by atoms with Crippen molar-refractivity contribution in [1.82, 2.24) is 0 Å². The average molecular weight is 251 g/mol. The first-order valence-corrected chi connectivity index (χ1v) is 6.76. The van der Waals surface area contributed by atoms with E-state index in [0.717, 1.165) is 5.56 Å². The number of methoxy groups -OCH3 is 1. The molecule has 0 radical (unpaired) electrons. The summed E-state index contributed by atoms with van der Waals surface area (Å²) in [7, 11) is 1.71. The van der Waals surface area contributed by atoms with Gasteiger partial charge in [-0.1, -0.05) is 31.4 Å². The van der Waals surface area contributed by atoms with Gasteiger partial charge in [-0.15, -0.1) is 0 Å². The van der Waals surface area contributed by atoms with E-state index in [1.54, 1.807) is 13.2 Å². The van der Waals surface area contributed by atoms with Gasteiger partial charge in [0.25, 0.3) is 0 Å². The standard InChI is InChI=1S/C15H22FNO/c1-18-15(11-6-3-2-4-7-11)14(17)12-8-5-9-13(16)10-12/h5,8-11,14-15H,2-4,6-7,17H2,1H3. The Morgan fingerprint density at radius 2 is 2.00 bits per heavy atom. The summed E-state index contributed by atoms with van der Waals surface area (Å²) in [5.74, 6) is 0.267. The lowest BCUT2D eigenvalue weighted by Gasteiger charge is -2.33. The van der Waals surface area contributed by atoms with Crippen molar-refractivity contribution in [1.29, 1.82) is 0 Å². The molecule has 2 nitrogen and oxygen atoms in total. The highest BCUT2D eigenvalue weighted by atomic mass is 19.1. The van der Waals surface area contributed by atoms with Crippen molar-refractivity contribution >= 4 is 0 Å². The third-order valence-corrected chi connectivity index (χ3v) is 3.97. The molecular formula is C15H22FNO. The van der Waals surface area contributed by atoms with Gasteiger partial charge in [0.15, 0.2) is 0 Å². The first-order valence-electron chi connectivity index (χ1n) is 6.76. The molecule has 2 rings (SSSR count). The van der Waals surface area contributed by atoms with Gasteiger partial charge < -0.3 is 10.5 Å². The molecule has 3 heteroatoms. The highest BCUT2D eigenvalue weighted by Gasteiger charge is 2.29. The van der Waals surface area contributed by atoms with E-state index < -0.39 is 0 Å². The largest absolute Gasteiger partial charge is 0.379 e. The number of rotatable bonds is 4. The monoisotopic (exact) mass is 251 g/mol. The number of hydrogen-bond acceptors (Lipinski definition) is 2. The predicted molar refractivity (Wildman–Crippen MR) is 70.7 cm³/mol. The Kier molecular flexibility index (Phi) is 4.72. The van der Waals surface area contributed by atoms with Crippen LogP contribution in [0.25, 0.3) is 0 Å². The lowest BCUT2D eigenvalue weighted by molar-refractivity contribution is 0.0172. The summed E-state index contributed by atoms with van der Waals surface area (Å²) in [5.41, 5.74) is 7.08. The van der Waals surface area contributed by atoms with Crippen LogP contribution < -0.4 is 5.73 Å². The van der Waals surface area contributed by atoms with E-state index >= 15 is 0 Å². The van der Waals surface area contributed by atoms with Crippen LogP contribution in [-0.4, -0.2) is 13.2 Å². The van der Waals surface area contributed by atoms with E-state index in [1.807, 2.05) is 6.07 Å². The van der Waals surface area contributed by atoms with Crippen molar-refractivity contribution < 1.29 is 9.13 Å². The van der Waals surface area contributed by atoms with E-state index in [9.17, 15) is 4.39 Å². The first-order chi connectivity index (χ1) is 8.72. The zero-order chi connectivity index (χ0) is 13.0. The third-order valence-electron chi connectivity index (χ3n) is 3.97. The highest BCUT2D eigenvalue weighted by molar-refractivity contribution is 5.21. The summed E-state index contributed by atoms with van der Waals surface area (Å²) < 4.78 is 18.8. The quantitative estimate of drug-likeness (QED) is 0.890. The van der Waals surface area contributed by atoms with Gasteiger partial charge in [-0.25, -0.2) is 4.39 Å². The second-order valence-electron chi connectivity index (χ2n) is 5.18. The van der Waals surface area contributed by atoms with Crippen molar-refractivity contribution in [3.63, 3.8) is 0 Å². The first kappa shape index (κ1) is 13.5. The van der Waals surface area contributed by atoms with E-state index in [-0.39, 0.29) is 18.0 Å². The van der Waals surface area contributed by atoms with Crippen LogP contribution in [0.1, 0.15) is 43.7 Å². The Labute approximate surface area is 108 Å². The van der Waals surface area contributed by atoms with Crippen LogP contribution in [0.4, 0.5) is 4.39 Å². The molecule has 0 spiro atoms. The molecule has 1 fully saturated rings. The molecule has 2 N–H and O–H groups in total. The van der Waals surface area contributed by atoms with E-state index in [2.05, 4.69) is 0 Å². The molecule has 2 atom stereocenters. The average Bonchev–Trinajstić information content (AvgIpc) is 2.41. The molecule has 0 amide bonds. The second-order valence-corrected chi connectivity index (χ2v) is 5.18. The highest BCUT2D eigenvalue weighted by Crippen LogP contribution is 2.33. The van der Waals surface area contributed by atoms with E-state index in [1.165, 1.54) is 44.2 Å². The molecule has 100 valence electrons. The minimum Gasteiger partial charge on any atom is -0.379 e. The fourth-order valence-corrected chi connectivity index (χ4v) is 3.00. The van der Waals surface area contributed by atoms with Gasteiger partial charge in [-0.05, 0) is 36.5 Å². The third kappa shape index (κ3) is 3.09. The molecule has 0 aliphatic heterocycles. The van der Waals surface area contributed by atoms with Gasteiger partial charge in [-0.2, -0.15) is 0 Å². The maximum atomic E-state index is 13.2. The van der Waals surface area contributed by atoms with Crippen molar-refractivity contribution in [2.75, 3.05) is 7.11 Å². The minimum absolute atomic E-state index is 0.00731. The molecule has 0 saturated heterocycles. The SMILES string of the molecule is COC(C1CCCCC1)C(N)c1cccc(F)c1. The number of hydrogen-bond donors (Lipinski definition) is 1. The molecule has 1 aliphatic rings. The summed E-state index contributed by atoms with van der Waals surface area (Å²) >= 11 is 0. The van der Waals surface area contributed by atoms with Crippen molar-refractivity contribution in [2.24, 2.45) is 11.7 Å². The molecule has 1 aromatic rings. The predicted octanol–water partition coefficient (Wildman–Crippen LogP) is 3.42. The summed E-state index contributed by atoms with van der Waals surface area (Å²) in [6, 6.07) is 6.30. The fourth-order valence-electron chi connectivity index (χ4n) is 3.00. The molecular weight excluding hydrogens is 229 g/mol. The Bertz CT molecular complexity index is 377. The number of benzene rings is 1. The molecule has 1 aliphatic carbocycles. The van der Waals surface area contributed by atoms with Gasteiger partial charge in [0, 0.05) is 7.11 Å². The number of nitrogens with two attached hydrogens (primary N) is 1. The van der Waals surface area contributed by atoms with Crippen molar-refractivity contribution in [2.45, 2.75) is 44.2 Å². The lowest BCUT2D eigenvalue weighted by atomic mass is 9.81. The van der Waals surface area contributed by atoms with Gasteiger partial charge in [0.1, 0.15) is 5.82 Å². The van der Waals surface area contributed by atoms with Crippen LogP contribution >= 0.6 is 0 Å². The number of halogens is 1. The van der Waals surface area contributed by atoms with E-state index in [4.69, 9.17) is 10.5 Å². The summed E-state index contributed by atoms with van der Waals surface area (Å²) in [6.45, 7) is 0. The maximum Gasteiger partial charge on any atom is 0.123 e. The normalized spacial score (nSPS) is 20.6. The maximum absolute atomic E-state index is 13.2. The molecule has 1 saturated carbocycles. The summed E-state index contributed by atoms with van der Waals surface area (Å²) in [5, 5.41) is 0. The fraction of sp³-hybridized carbons (Fsp3) is 0.600. The molecule has 0 aromatic heterocycles. The van der Waals surface area contributed by atoms with Crippen LogP contribution in [0.3, 0.4) is 0 Å². The van der Waals surface area contributed by atoms with Crippen LogP contribution in [0.2, 0.25) is 0 Å². The summed E-state index contributed by atoms with van der Waals surface area (Å²) in [4.78, 5) is 0. The molecule has 18 heavy (non-hydrogen) atoms. The van der Waals surface area contributed by atoms with Crippen molar-refractivity contribution in [3.05, 3.63) is 35.6 Å². The van der Waals surface area contributed by atoms with Gasteiger partial charge in [0.05, 0.1) is 12.1 Å². The zero-order valence-electron chi connectivity index (χ0n) is 10.9. The molecule has 2 unspecified atom stereocenters. The smallest absolute Gasteiger partial charge is 0.123 e. The Balaban J connectivity index is 2.11. The Morgan fingerprint density at radius 3 is 2.61 bits per heavy atom. The van der Waals surface area contributed by atoms with Crippen LogP contribution in [0, 0.1) is 11.7 Å². The van der Waals surface area contributed by atoms with Gasteiger partial charge in [0.2, 0.25) is 0 Å². The van der Waals surface area contributed by atoms with Crippen molar-refractivity contribution in [3.8, 4) is 0 Å². The molecule has 0 bridgehead atoms. The lowest BCUT2D eigenvalue weighted by Crippen LogP contribution is -2.35. The van der Waals surface area contributed by atoms with E-state index in [0.29, 0.717) is 5.92 Å².